The van der Waals surface area contributed by atoms with Crippen molar-refractivity contribution in [2.24, 2.45) is 0 Å². The van der Waals surface area contributed by atoms with E-state index in [9.17, 15) is 4.79 Å². The van der Waals surface area contributed by atoms with Crippen LogP contribution >= 0.6 is 15.9 Å². The molecule has 138 valence electrons. The zero-order chi connectivity index (χ0) is 18.5. The number of nitrogens with one attached hydrogen (secondary N) is 1. The molecule has 1 atom stereocenters. The first-order valence-corrected chi connectivity index (χ1v) is 9.55. The minimum Gasteiger partial charge on any atom is -0.497 e. The van der Waals surface area contributed by atoms with Crippen molar-refractivity contribution in [1.29, 1.82) is 0 Å². The molecular formula is C20H24BrN3O2. The van der Waals surface area contributed by atoms with E-state index < -0.39 is 0 Å². The van der Waals surface area contributed by atoms with E-state index in [2.05, 4.69) is 43.2 Å². The maximum absolute atomic E-state index is 12.5. The van der Waals surface area contributed by atoms with Crippen LogP contribution in [-0.4, -0.2) is 50.1 Å². The van der Waals surface area contributed by atoms with Crippen LogP contribution in [-0.2, 0) is 4.79 Å². The molecule has 1 aliphatic heterocycles. The Labute approximate surface area is 163 Å². The highest BCUT2D eigenvalue weighted by molar-refractivity contribution is 9.10. The third-order valence-electron chi connectivity index (χ3n) is 4.77. The first kappa shape index (κ1) is 18.7. The Morgan fingerprint density at radius 1 is 1.12 bits per heavy atom. The van der Waals surface area contributed by atoms with E-state index in [0.717, 1.165) is 42.1 Å². The first-order chi connectivity index (χ1) is 12.6. The van der Waals surface area contributed by atoms with Gasteiger partial charge in [-0.05, 0) is 49.4 Å². The van der Waals surface area contributed by atoms with Gasteiger partial charge in [0.1, 0.15) is 5.75 Å². The molecule has 2 aromatic rings. The van der Waals surface area contributed by atoms with E-state index in [0.29, 0.717) is 0 Å². The van der Waals surface area contributed by atoms with Gasteiger partial charge in [-0.15, -0.1) is 0 Å². The summed E-state index contributed by atoms with van der Waals surface area (Å²) in [5.41, 5.74) is 2.00. The Kier molecular flexibility index (Phi) is 6.16. The van der Waals surface area contributed by atoms with E-state index in [1.807, 2.05) is 43.3 Å². The molecule has 1 amide bonds. The van der Waals surface area contributed by atoms with Gasteiger partial charge in [-0.2, -0.15) is 0 Å². The average Bonchev–Trinajstić information content (AvgIpc) is 2.67. The molecule has 2 aromatic carbocycles. The van der Waals surface area contributed by atoms with Crippen LogP contribution in [0.2, 0.25) is 0 Å². The van der Waals surface area contributed by atoms with Gasteiger partial charge < -0.3 is 15.0 Å². The number of hydrogen-bond acceptors (Lipinski definition) is 4. The number of nitrogens with zero attached hydrogens (tertiary/aromatic N) is 2. The molecule has 0 saturated carbocycles. The number of piperazine rings is 1. The molecule has 1 saturated heterocycles. The zero-order valence-corrected chi connectivity index (χ0v) is 16.7. The summed E-state index contributed by atoms with van der Waals surface area (Å²) in [7, 11) is 1.67. The molecule has 0 spiro atoms. The minimum absolute atomic E-state index is 0.0287. The smallest absolute Gasteiger partial charge is 0.241 e. The lowest BCUT2D eigenvalue weighted by Gasteiger charge is -2.38. The number of halogens is 1. The number of carbonyl (C=O) groups excluding carboxylic acids is 1. The van der Waals surface area contributed by atoms with E-state index in [1.165, 1.54) is 5.69 Å². The largest absolute Gasteiger partial charge is 0.497 e. The molecular weight excluding hydrogens is 394 g/mol. The van der Waals surface area contributed by atoms with Crippen molar-refractivity contribution in [3.8, 4) is 5.75 Å². The summed E-state index contributed by atoms with van der Waals surface area (Å²) in [6, 6.07) is 15.6. The molecule has 5 nitrogen and oxygen atoms in total. The zero-order valence-electron chi connectivity index (χ0n) is 15.1. The molecule has 1 heterocycles. The van der Waals surface area contributed by atoms with Crippen molar-refractivity contribution in [1.82, 2.24) is 4.90 Å². The van der Waals surface area contributed by atoms with Gasteiger partial charge in [-0.1, -0.05) is 22.0 Å². The molecule has 0 radical (unpaired) electrons. The second kappa shape index (κ2) is 8.56. The number of methoxy groups -OCH3 is 1. The van der Waals surface area contributed by atoms with Crippen molar-refractivity contribution in [2.75, 3.05) is 43.5 Å². The Morgan fingerprint density at radius 2 is 1.81 bits per heavy atom. The Morgan fingerprint density at radius 3 is 2.42 bits per heavy atom. The van der Waals surface area contributed by atoms with Crippen LogP contribution in [0.1, 0.15) is 6.92 Å². The van der Waals surface area contributed by atoms with Crippen LogP contribution < -0.4 is 15.0 Å². The molecule has 26 heavy (non-hydrogen) atoms. The average molecular weight is 418 g/mol. The highest BCUT2D eigenvalue weighted by Crippen LogP contribution is 2.21. The van der Waals surface area contributed by atoms with Crippen LogP contribution in [0.25, 0.3) is 0 Å². The van der Waals surface area contributed by atoms with Gasteiger partial charge in [0, 0.05) is 42.0 Å². The number of carbonyl (C=O) groups is 1. The molecule has 6 heteroatoms. The maximum Gasteiger partial charge on any atom is 0.241 e. The lowest BCUT2D eigenvalue weighted by Crippen LogP contribution is -2.52. The van der Waals surface area contributed by atoms with Crippen LogP contribution in [0.5, 0.6) is 5.75 Å². The predicted molar refractivity (Wildman–Crippen MR) is 109 cm³/mol. The van der Waals surface area contributed by atoms with Crippen molar-refractivity contribution < 1.29 is 9.53 Å². The number of amides is 1. The first-order valence-electron chi connectivity index (χ1n) is 8.76. The third-order valence-corrected chi connectivity index (χ3v) is 5.26. The second-order valence-electron chi connectivity index (χ2n) is 6.40. The normalized spacial score (nSPS) is 16.2. The molecule has 0 aliphatic carbocycles. The molecule has 0 bridgehead atoms. The Hall–Kier alpha value is -2.05. The van der Waals surface area contributed by atoms with E-state index >= 15 is 0 Å². The van der Waals surface area contributed by atoms with Crippen molar-refractivity contribution >= 4 is 33.2 Å². The fourth-order valence-electron chi connectivity index (χ4n) is 3.14. The fraction of sp³-hybridized carbons (Fsp3) is 0.350. The SMILES string of the molecule is COc1ccc(N2CCN([C@H](C)C(=O)Nc3cccc(Br)c3)CC2)cc1. The summed E-state index contributed by atoms with van der Waals surface area (Å²) < 4.78 is 6.17. The van der Waals surface area contributed by atoms with E-state index in [4.69, 9.17) is 4.74 Å². The Bertz CT molecular complexity index is 743. The molecule has 0 aromatic heterocycles. The summed E-state index contributed by atoms with van der Waals surface area (Å²) in [5, 5.41) is 3.00. The number of benzene rings is 2. The van der Waals surface area contributed by atoms with Crippen molar-refractivity contribution in [3.63, 3.8) is 0 Å². The van der Waals surface area contributed by atoms with Crippen LogP contribution in [0.3, 0.4) is 0 Å². The van der Waals surface area contributed by atoms with Gasteiger partial charge in [0.05, 0.1) is 13.2 Å². The number of anilines is 2. The minimum atomic E-state index is -0.160. The molecule has 0 unspecified atom stereocenters. The van der Waals surface area contributed by atoms with Crippen molar-refractivity contribution in [2.45, 2.75) is 13.0 Å². The summed E-state index contributed by atoms with van der Waals surface area (Å²) in [6.07, 6.45) is 0. The molecule has 1 aliphatic rings. The van der Waals surface area contributed by atoms with Crippen LogP contribution in [0.4, 0.5) is 11.4 Å². The second-order valence-corrected chi connectivity index (χ2v) is 7.31. The summed E-state index contributed by atoms with van der Waals surface area (Å²) in [5.74, 6) is 0.895. The van der Waals surface area contributed by atoms with Gasteiger partial charge >= 0.3 is 0 Å². The summed E-state index contributed by atoms with van der Waals surface area (Å²) in [6.45, 7) is 5.50. The van der Waals surface area contributed by atoms with Gasteiger partial charge in [-0.25, -0.2) is 0 Å². The molecule has 1 N–H and O–H groups in total. The van der Waals surface area contributed by atoms with Crippen LogP contribution in [0, 0.1) is 0 Å². The van der Waals surface area contributed by atoms with E-state index in [-0.39, 0.29) is 11.9 Å². The predicted octanol–water partition coefficient (Wildman–Crippen LogP) is 3.61. The third kappa shape index (κ3) is 4.56. The number of hydrogen-bond donors (Lipinski definition) is 1. The highest BCUT2D eigenvalue weighted by Gasteiger charge is 2.25. The van der Waals surface area contributed by atoms with Crippen molar-refractivity contribution in [3.05, 3.63) is 53.0 Å². The Balaban J connectivity index is 1.54. The van der Waals surface area contributed by atoms with Gasteiger partial charge in [0.2, 0.25) is 5.91 Å². The van der Waals surface area contributed by atoms with Gasteiger partial charge in [0.25, 0.3) is 0 Å². The summed E-state index contributed by atoms with van der Waals surface area (Å²) >= 11 is 3.43. The number of rotatable bonds is 5. The summed E-state index contributed by atoms with van der Waals surface area (Å²) in [4.78, 5) is 17.1. The molecule has 1 fully saturated rings. The lowest BCUT2D eigenvalue weighted by atomic mass is 10.2. The van der Waals surface area contributed by atoms with E-state index in [1.54, 1.807) is 7.11 Å². The maximum atomic E-state index is 12.5. The van der Waals surface area contributed by atoms with Gasteiger partial charge in [0.15, 0.2) is 0 Å². The lowest BCUT2D eigenvalue weighted by molar-refractivity contribution is -0.120. The van der Waals surface area contributed by atoms with Gasteiger partial charge in [-0.3, -0.25) is 9.69 Å². The van der Waals surface area contributed by atoms with Crippen LogP contribution in [0.15, 0.2) is 53.0 Å². The molecule has 3 rings (SSSR count). The quantitative estimate of drug-likeness (QED) is 0.806. The monoisotopic (exact) mass is 417 g/mol. The fourth-order valence-corrected chi connectivity index (χ4v) is 3.54. The number of ether oxygens (including phenoxy) is 1. The highest BCUT2D eigenvalue weighted by atomic mass is 79.9. The standard InChI is InChI=1S/C20H24BrN3O2/c1-15(20(25)22-17-5-3-4-16(21)14-17)23-10-12-24(13-11-23)18-6-8-19(26-2)9-7-18/h3-9,14-15H,10-13H2,1-2H3,(H,22,25)/t15-/m1/s1. The topological polar surface area (TPSA) is 44.8 Å².